The van der Waals surface area contributed by atoms with Gasteiger partial charge in [0.15, 0.2) is 0 Å². The minimum absolute atomic E-state index is 0.676. The molecule has 0 atom stereocenters. The fraction of sp³-hybridized carbons (Fsp3) is 0. The predicted octanol–water partition coefficient (Wildman–Crippen LogP) is -1.31. The molecule has 1 aliphatic rings. The summed E-state index contributed by atoms with van der Waals surface area (Å²) in [7, 11) is -3.45. The highest BCUT2D eigenvalue weighted by Crippen LogP contribution is 2.00. The Morgan fingerprint density at radius 1 is 1.60 bits per heavy atom. The SMILES string of the molecule is NC(=O)N1C=CS(=O)(=O)N1. The highest BCUT2D eigenvalue weighted by molar-refractivity contribution is 7.92. The lowest BCUT2D eigenvalue weighted by atomic mass is 10.9. The Hall–Kier alpha value is -1.08. The van der Waals surface area contributed by atoms with E-state index in [1.807, 2.05) is 4.83 Å². The van der Waals surface area contributed by atoms with Crippen LogP contribution in [0.1, 0.15) is 0 Å². The van der Waals surface area contributed by atoms with Gasteiger partial charge in [-0.15, -0.1) is 4.83 Å². The maximum Gasteiger partial charge on any atom is 0.334 e. The molecule has 0 spiro atoms. The van der Waals surface area contributed by atoms with Crippen LogP contribution in [0.25, 0.3) is 0 Å². The average molecular weight is 163 g/mol. The van der Waals surface area contributed by atoms with E-state index >= 15 is 0 Å². The van der Waals surface area contributed by atoms with Crippen molar-refractivity contribution in [3.05, 3.63) is 11.6 Å². The van der Waals surface area contributed by atoms with Crippen molar-refractivity contribution in [3.8, 4) is 0 Å². The highest BCUT2D eigenvalue weighted by atomic mass is 32.2. The molecule has 0 unspecified atom stereocenters. The lowest BCUT2D eigenvalue weighted by molar-refractivity contribution is 0.220. The first kappa shape index (κ1) is 7.03. The van der Waals surface area contributed by atoms with E-state index < -0.39 is 16.1 Å². The molecule has 0 fully saturated rings. The van der Waals surface area contributed by atoms with Crippen molar-refractivity contribution in [1.29, 1.82) is 0 Å². The van der Waals surface area contributed by atoms with Gasteiger partial charge >= 0.3 is 6.03 Å². The van der Waals surface area contributed by atoms with Crippen molar-refractivity contribution in [2.45, 2.75) is 0 Å². The summed E-state index contributed by atoms with van der Waals surface area (Å²) in [6.45, 7) is 0. The van der Waals surface area contributed by atoms with E-state index in [9.17, 15) is 13.2 Å². The summed E-state index contributed by atoms with van der Waals surface area (Å²) in [6, 6.07) is -0.864. The molecule has 0 aromatic rings. The Balaban J connectivity index is 2.81. The lowest BCUT2D eigenvalue weighted by Gasteiger charge is -2.07. The molecule has 1 aliphatic heterocycles. The van der Waals surface area contributed by atoms with Crippen molar-refractivity contribution < 1.29 is 13.2 Å². The minimum atomic E-state index is -3.45. The Morgan fingerprint density at radius 2 is 2.20 bits per heavy atom. The molecule has 7 heteroatoms. The van der Waals surface area contributed by atoms with Crippen LogP contribution in [-0.4, -0.2) is 19.5 Å². The van der Waals surface area contributed by atoms with Crippen LogP contribution in [0.3, 0.4) is 0 Å². The van der Waals surface area contributed by atoms with E-state index in [1.165, 1.54) is 0 Å². The van der Waals surface area contributed by atoms with Crippen LogP contribution >= 0.6 is 0 Å². The van der Waals surface area contributed by atoms with Crippen LogP contribution in [0.2, 0.25) is 0 Å². The van der Waals surface area contributed by atoms with E-state index in [-0.39, 0.29) is 0 Å². The summed E-state index contributed by atoms with van der Waals surface area (Å²) in [5, 5.41) is 1.52. The number of hydrogen-bond donors (Lipinski definition) is 2. The summed E-state index contributed by atoms with van der Waals surface area (Å²) in [5.74, 6) is 0. The summed E-state index contributed by atoms with van der Waals surface area (Å²) in [6.07, 6.45) is 1.04. The number of rotatable bonds is 0. The molecule has 56 valence electrons. The molecule has 10 heavy (non-hydrogen) atoms. The summed E-state index contributed by atoms with van der Waals surface area (Å²) >= 11 is 0. The zero-order chi connectivity index (χ0) is 7.78. The highest BCUT2D eigenvalue weighted by Gasteiger charge is 2.20. The van der Waals surface area contributed by atoms with Gasteiger partial charge in [-0.1, -0.05) is 0 Å². The third-order valence-electron chi connectivity index (χ3n) is 0.852. The largest absolute Gasteiger partial charge is 0.350 e. The van der Waals surface area contributed by atoms with Gasteiger partial charge in [-0.05, 0) is 0 Å². The van der Waals surface area contributed by atoms with Crippen molar-refractivity contribution in [3.63, 3.8) is 0 Å². The molecule has 3 N–H and O–H groups in total. The number of amides is 2. The molecular weight excluding hydrogens is 158 g/mol. The molecule has 0 saturated heterocycles. The first-order valence-corrected chi connectivity index (χ1v) is 3.85. The second-order valence-corrected chi connectivity index (χ2v) is 3.17. The molecular formula is C3H5N3O3S. The van der Waals surface area contributed by atoms with Crippen LogP contribution in [0.4, 0.5) is 4.79 Å². The van der Waals surface area contributed by atoms with Gasteiger partial charge in [-0.3, -0.25) is 0 Å². The summed E-state index contributed by atoms with van der Waals surface area (Å²) in [4.78, 5) is 12.1. The normalized spacial score (nSPS) is 21.4. The van der Waals surface area contributed by atoms with Crippen LogP contribution in [0.15, 0.2) is 11.6 Å². The molecule has 0 radical (unpaired) electrons. The van der Waals surface area contributed by atoms with Crippen LogP contribution in [0.5, 0.6) is 0 Å². The average Bonchev–Trinajstić information content (AvgIpc) is 2.10. The zero-order valence-electron chi connectivity index (χ0n) is 4.81. The molecule has 0 aromatic heterocycles. The number of nitrogens with one attached hydrogen (secondary N) is 1. The van der Waals surface area contributed by atoms with Crippen molar-refractivity contribution in [1.82, 2.24) is 9.84 Å². The summed E-state index contributed by atoms with van der Waals surface area (Å²) in [5.41, 5.74) is 4.73. The third kappa shape index (κ3) is 1.25. The number of carbonyl (C=O) groups excluding carboxylic acids is 1. The standard InChI is InChI=1S/C3H5N3O3S/c4-3(7)6-1-2-10(8,9)5-6/h1-2,5H,(H2,4,7). The Labute approximate surface area is 57.3 Å². The number of urea groups is 1. The Morgan fingerprint density at radius 3 is 2.40 bits per heavy atom. The number of hydrogen-bond acceptors (Lipinski definition) is 3. The maximum atomic E-state index is 10.5. The molecule has 2 amide bonds. The Bertz CT molecular complexity index is 279. The number of sulfonamides is 1. The Kier molecular flexibility index (Phi) is 1.38. The number of hydrazine groups is 1. The number of nitrogens with two attached hydrogens (primary N) is 1. The topological polar surface area (TPSA) is 92.5 Å². The maximum absolute atomic E-state index is 10.5. The fourth-order valence-corrected chi connectivity index (χ4v) is 1.23. The molecule has 0 aliphatic carbocycles. The first-order chi connectivity index (χ1) is 4.51. The molecule has 1 heterocycles. The number of carbonyl (C=O) groups is 1. The van der Waals surface area contributed by atoms with Gasteiger partial charge < -0.3 is 5.73 Å². The molecule has 0 aromatic carbocycles. The molecule has 1 rings (SSSR count). The second-order valence-electron chi connectivity index (χ2n) is 1.63. The van der Waals surface area contributed by atoms with Crippen molar-refractivity contribution >= 4 is 16.1 Å². The van der Waals surface area contributed by atoms with E-state index in [0.29, 0.717) is 5.01 Å². The van der Waals surface area contributed by atoms with Gasteiger partial charge in [0.25, 0.3) is 10.0 Å². The van der Waals surface area contributed by atoms with E-state index in [0.717, 1.165) is 11.6 Å². The molecule has 6 nitrogen and oxygen atoms in total. The fourth-order valence-electron chi connectivity index (χ4n) is 0.457. The lowest BCUT2D eigenvalue weighted by Crippen LogP contribution is -2.40. The van der Waals surface area contributed by atoms with Crippen LogP contribution < -0.4 is 10.6 Å². The smallest absolute Gasteiger partial charge is 0.334 e. The monoisotopic (exact) mass is 163 g/mol. The van der Waals surface area contributed by atoms with E-state index in [1.54, 1.807) is 0 Å². The van der Waals surface area contributed by atoms with Gasteiger partial charge in [-0.25, -0.2) is 18.2 Å². The third-order valence-corrected chi connectivity index (χ3v) is 1.78. The summed E-state index contributed by atoms with van der Waals surface area (Å²) < 4.78 is 21.0. The van der Waals surface area contributed by atoms with Crippen LogP contribution in [-0.2, 0) is 10.0 Å². The number of primary amides is 1. The zero-order valence-corrected chi connectivity index (χ0v) is 5.63. The van der Waals surface area contributed by atoms with E-state index in [2.05, 4.69) is 0 Å². The molecule has 0 bridgehead atoms. The van der Waals surface area contributed by atoms with Gasteiger partial charge in [0.2, 0.25) is 0 Å². The van der Waals surface area contributed by atoms with Gasteiger partial charge in [-0.2, -0.15) is 0 Å². The predicted molar refractivity (Wildman–Crippen MR) is 32.6 cm³/mol. The van der Waals surface area contributed by atoms with Crippen LogP contribution in [0, 0.1) is 0 Å². The van der Waals surface area contributed by atoms with Gasteiger partial charge in [0.1, 0.15) is 0 Å². The minimum Gasteiger partial charge on any atom is -0.350 e. The van der Waals surface area contributed by atoms with Crippen molar-refractivity contribution in [2.24, 2.45) is 5.73 Å². The first-order valence-electron chi connectivity index (χ1n) is 2.30. The number of nitrogens with zero attached hydrogens (tertiary/aromatic N) is 1. The van der Waals surface area contributed by atoms with Gasteiger partial charge in [0.05, 0.1) is 5.41 Å². The van der Waals surface area contributed by atoms with Gasteiger partial charge in [0, 0.05) is 6.20 Å². The van der Waals surface area contributed by atoms with Crippen molar-refractivity contribution in [2.75, 3.05) is 0 Å². The molecule has 0 saturated carbocycles. The second kappa shape index (κ2) is 1.96. The van der Waals surface area contributed by atoms with E-state index in [4.69, 9.17) is 5.73 Å². The quantitative estimate of drug-likeness (QED) is 0.464.